The van der Waals surface area contributed by atoms with E-state index in [0.717, 1.165) is 66.7 Å². The molecule has 3 aliphatic rings. The first-order chi connectivity index (χ1) is 14.1. The highest BCUT2D eigenvalue weighted by molar-refractivity contribution is 5.83. The number of aromatic hydroxyl groups is 1. The van der Waals surface area contributed by atoms with E-state index in [4.69, 9.17) is 4.52 Å². The number of phenols is 1. The highest BCUT2D eigenvalue weighted by Gasteiger charge is 2.71. The second-order valence-corrected chi connectivity index (χ2v) is 9.10. The molecule has 1 aromatic heterocycles. The summed E-state index contributed by atoms with van der Waals surface area (Å²) in [5, 5.41) is 26.2. The van der Waals surface area contributed by atoms with Gasteiger partial charge in [-0.3, -0.25) is 0 Å². The molecule has 3 aliphatic carbocycles. The van der Waals surface area contributed by atoms with E-state index in [2.05, 4.69) is 17.3 Å². The van der Waals surface area contributed by atoms with Crippen LogP contribution in [0.2, 0.25) is 0 Å². The third-order valence-corrected chi connectivity index (χ3v) is 7.25. The zero-order valence-corrected chi connectivity index (χ0v) is 16.3. The molecule has 0 radical (unpaired) electrons. The van der Waals surface area contributed by atoms with Crippen molar-refractivity contribution in [1.29, 1.82) is 0 Å². The molecule has 3 fully saturated rings. The molecule has 29 heavy (non-hydrogen) atoms. The van der Waals surface area contributed by atoms with Crippen molar-refractivity contribution in [2.45, 2.75) is 49.5 Å². The summed E-state index contributed by atoms with van der Waals surface area (Å²) in [5.74, 6) is 1.87. The van der Waals surface area contributed by atoms with Crippen molar-refractivity contribution in [2.24, 2.45) is 11.8 Å². The molecule has 3 saturated carbocycles. The lowest BCUT2D eigenvalue weighted by molar-refractivity contribution is -0.0495. The van der Waals surface area contributed by atoms with E-state index in [1.807, 2.05) is 30.3 Å². The molecule has 0 spiro atoms. The van der Waals surface area contributed by atoms with E-state index in [1.165, 1.54) is 0 Å². The van der Waals surface area contributed by atoms with Crippen LogP contribution in [0.1, 0.15) is 44.3 Å². The van der Waals surface area contributed by atoms with Gasteiger partial charge < -0.3 is 14.7 Å². The van der Waals surface area contributed by atoms with Gasteiger partial charge in [0.2, 0.25) is 0 Å². The Hall–Kier alpha value is -2.59. The number of rotatable bonds is 6. The average Bonchev–Trinajstić information content (AvgIpc) is 3.62. The molecule has 1 heterocycles. The maximum absolute atomic E-state index is 12.0. The van der Waals surface area contributed by atoms with Gasteiger partial charge in [-0.25, -0.2) is 0 Å². The second-order valence-electron chi connectivity index (χ2n) is 9.10. The van der Waals surface area contributed by atoms with E-state index in [1.54, 1.807) is 12.1 Å². The summed E-state index contributed by atoms with van der Waals surface area (Å²) in [7, 11) is 0. The van der Waals surface area contributed by atoms with Crippen molar-refractivity contribution in [2.75, 3.05) is 0 Å². The average molecular weight is 387 g/mol. The lowest BCUT2D eigenvalue weighted by atomic mass is 9.73. The minimum Gasteiger partial charge on any atom is -0.508 e. The van der Waals surface area contributed by atoms with Crippen LogP contribution in [0.5, 0.6) is 5.75 Å². The predicted molar refractivity (Wildman–Crippen MR) is 110 cm³/mol. The molecule has 6 rings (SSSR count). The zero-order valence-electron chi connectivity index (χ0n) is 16.3. The summed E-state index contributed by atoms with van der Waals surface area (Å²) in [6, 6.07) is 17.3. The van der Waals surface area contributed by atoms with E-state index in [0.29, 0.717) is 11.8 Å². The van der Waals surface area contributed by atoms with Crippen LogP contribution in [-0.2, 0) is 5.41 Å². The Morgan fingerprint density at radius 2 is 1.48 bits per heavy atom. The monoisotopic (exact) mass is 387 g/mol. The maximum atomic E-state index is 12.0. The van der Waals surface area contributed by atoms with Crippen LogP contribution < -0.4 is 0 Å². The molecular weight excluding hydrogens is 362 g/mol. The largest absolute Gasteiger partial charge is 0.508 e. The van der Waals surface area contributed by atoms with Crippen molar-refractivity contribution >= 4 is 0 Å². The maximum Gasteiger partial charge on any atom is 0.154 e. The van der Waals surface area contributed by atoms with Gasteiger partial charge in [0.05, 0.1) is 16.6 Å². The van der Waals surface area contributed by atoms with Crippen molar-refractivity contribution < 1.29 is 14.7 Å². The summed E-state index contributed by atoms with van der Waals surface area (Å²) in [6.45, 7) is 0. The van der Waals surface area contributed by atoms with Crippen molar-refractivity contribution in [1.82, 2.24) is 5.16 Å². The lowest BCUT2D eigenvalue weighted by Gasteiger charge is -2.36. The SMILES string of the molecule is Oc1ccc(-c2noc(C3(C(O)(C4CC4)C4CC4)CC3)c2-c2ccccc2)cc1. The quantitative estimate of drug-likeness (QED) is 0.602. The molecule has 0 amide bonds. The number of benzene rings is 2. The van der Waals surface area contributed by atoms with Crippen LogP contribution in [0, 0.1) is 11.8 Å². The van der Waals surface area contributed by atoms with Gasteiger partial charge in [-0.2, -0.15) is 0 Å². The van der Waals surface area contributed by atoms with E-state index >= 15 is 0 Å². The van der Waals surface area contributed by atoms with Gasteiger partial charge in [-0.1, -0.05) is 35.5 Å². The summed E-state index contributed by atoms with van der Waals surface area (Å²) in [4.78, 5) is 0. The topological polar surface area (TPSA) is 66.5 Å². The smallest absolute Gasteiger partial charge is 0.154 e. The normalized spacial score (nSPS) is 20.6. The third kappa shape index (κ3) is 2.52. The minimum atomic E-state index is -0.664. The Morgan fingerprint density at radius 1 is 0.862 bits per heavy atom. The molecular formula is C25H25NO3. The van der Waals surface area contributed by atoms with E-state index in [9.17, 15) is 10.2 Å². The Labute approximate surface area is 170 Å². The summed E-state index contributed by atoms with van der Waals surface area (Å²) >= 11 is 0. The van der Waals surface area contributed by atoms with Crippen molar-refractivity contribution in [3.63, 3.8) is 0 Å². The highest BCUT2D eigenvalue weighted by atomic mass is 16.5. The van der Waals surface area contributed by atoms with Crippen molar-refractivity contribution in [3.05, 3.63) is 60.4 Å². The standard InChI is InChI=1S/C25H25NO3/c27-20-12-6-17(7-13-20)22-21(16-4-2-1-3-5-16)23(29-26-22)24(14-15-24)25(28,18-8-9-18)19-10-11-19/h1-7,12-13,18-19,27-28H,8-11,14-15H2. The Morgan fingerprint density at radius 3 is 2.03 bits per heavy atom. The first-order valence-corrected chi connectivity index (χ1v) is 10.7. The Balaban J connectivity index is 1.55. The van der Waals surface area contributed by atoms with Gasteiger partial charge in [-0.15, -0.1) is 0 Å². The number of phenolic OH excluding ortho intramolecular Hbond substituents is 1. The van der Waals surface area contributed by atoms with Crippen LogP contribution in [-0.4, -0.2) is 21.0 Å². The summed E-state index contributed by atoms with van der Waals surface area (Å²) in [5.41, 5.74) is 2.77. The van der Waals surface area contributed by atoms with Crippen LogP contribution in [0.4, 0.5) is 0 Å². The zero-order chi connectivity index (χ0) is 19.6. The second kappa shape index (κ2) is 5.96. The van der Waals surface area contributed by atoms with Gasteiger partial charge in [0.25, 0.3) is 0 Å². The van der Waals surface area contributed by atoms with Gasteiger partial charge >= 0.3 is 0 Å². The number of hydrogen-bond acceptors (Lipinski definition) is 4. The fraction of sp³-hybridized carbons (Fsp3) is 0.400. The molecule has 148 valence electrons. The van der Waals surface area contributed by atoms with E-state index in [-0.39, 0.29) is 11.2 Å². The number of aromatic nitrogens is 1. The number of hydrogen-bond donors (Lipinski definition) is 2. The van der Waals surface area contributed by atoms with Crippen molar-refractivity contribution in [3.8, 4) is 28.1 Å². The number of aliphatic hydroxyl groups is 1. The molecule has 3 aromatic rings. The Kier molecular flexibility index (Phi) is 3.55. The minimum absolute atomic E-state index is 0.231. The van der Waals surface area contributed by atoms with Crippen LogP contribution in [0.25, 0.3) is 22.4 Å². The van der Waals surface area contributed by atoms with Crippen LogP contribution in [0.3, 0.4) is 0 Å². The molecule has 4 heteroatoms. The van der Waals surface area contributed by atoms with Gasteiger partial charge in [0.15, 0.2) is 5.76 Å². The molecule has 4 nitrogen and oxygen atoms in total. The van der Waals surface area contributed by atoms with Gasteiger partial charge in [0, 0.05) is 5.56 Å². The Bertz CT molecular complexity index is 1030. The molecule has 0 saturated heterocycles. The molecule has 0 bridgehead atoms. The summed E-state index contributed by atoms with van der Waals surface area (Å²) < 4.78 is 6.09. The summed E-state index contributed by atoms with van der Waals surface area (Å²) in [6.07, 6.45) is 6.40. The molecule has 0 aliphatic heterocycles. The predicted octanol–water partition coefficient (Wildman–Crippen LogP) is 5.30. The molecule has 2 N–H and O–H groups in total. The number of nitrogens with zero attached hydrogens (tertiary/aromatic N) is 1. The highest BCUT2D eigenvalue weighted by Crippen LogP contribution is 2.69. The van der Waals surface area contributed by atoms with E-state index < -0.39 is 5.60 Å². The molecule has 0 unspecified atom stereocenters. The first-order valence-electron chi connectivity index (χ1n) is 10.7. The fourth-order valence-electron chi connectivity index (χ4n) is 5.40. The van der Waals surface area contributed by atoms with Crippen LogP contribution >= 0.6 is 0 Å². The molecule has 2 aromatic carbocycles. The first kappa shape index (κ1) is 17.3. The lowest BCUT2D eigenvalue weighted by Crippen LogP contribution is -2.47. The van der Waals surface area contributed by atoms with Gasteiger partial charge in [0.1, 0.15) is 11.4 Å². The third-order valence-electron chi connectivity index (χ3n) is 7.25. The van der Waals surface area contributed by atoms with Crippen LogP contribution in [0.15, 0.2) is 59.1 Å². The van der Waals surface area contributed by atoms with Gasteiger partial charge in [-0.05, 0) is 80.2 Å². The molecule has 0 atom stereocenters. The fourth-order valence-corrected chi connectivity index (χ4v) is 5.40.